The summed E-state index contributed by atoms with van der Waals surface area (Å²) in [6.07, 6.45) is 4.57. The molecular formula is C19H31Cl2N3O2. The summed E-state index contributed by atoms with van der Waals surface area (Å²) in [5.41, 5.74) is 1.23. The summed E-state index contributed by atoms with van der Waals surface area (Å²) in [6, 6.07) is 8.42. The first-order chi connectivity index (χ1) is 11.8. The Hall–Kier alpha value is -1.01. The van der Waals surface area contributed by atoms with Crippen LogP contribution in [0.2, 0.25) is 0 Å². The van der Waals surface area contributed by atoms with Crippen molar-refractivity contribution in [3.05, 3.63) is 29.8 Å². The Balaban J connectivity index is 0.00000169. The van der Waals surface area contributed by atoms with Crippen molar-refractivity contribution >= 4 is 30.7 Å². The number of hydrogen-bond acceptors (Lipinski definition) is 4. The predicted octanol–water partition coefficient (Wildman–Crippen LogP) is 2.89. The smallest absolute Gasteiger partial charge is 0.237 e. The number of rotatable bonds is 4. The lowest BCUT2D eigenvalue weighted by atomic mass is 10.0. The number of hydrogen-bond donors (Lipinski definition) is 1. The molecule has 2 fully saturated rings. The van der Waals surface area contributed by atoms with Gasteiger partial charge in [0.1, 0.15) is 5.75 Å². The molecule has 2 heterocycles. The molecule has 148 valence electrons. The van der Waals surface area contributed by atoms with E-state index in [1.165, 1.54) is 18.4 Å². The minimum Gasteiger partial charge on any atom is -0.497 e. The van der Waals surface area contributed by atoms with Gasteiger partial charge < -0.3 is 15.0 Å². The Labute approximate surface area is 169 Å². The number of amides is 1. The summed E-state index contributed by atoms with van der Waals surface area (Å²) in [5.74, 6) is 1.14. The second-order valence-corrected chi connectivity index (χ2v) is 6.75. The second-order valence-electron chi connectivity index (χ2n) is 6.75. The van der Waals surface area contributed by atoms with Gasteiger partial charge in [0.05, 0.1) is 19.7 Å². The highest BCUT2D eigenvalue weighted by Crippen LogP contribution is 2.31. The molecule has 1 amide bonds. The number of nitrogens with one attached hydrogen (secondary N) is 1. The lowest BCUT2D eigenvalue weighted by Crippen LogP contribution is -2.49. The normalized spacial score (nSPS) is 21.1. The van der Waals surface area contributed by atoms with Crippen molar-refractivity contribution in [2.45, 2.75) is 31.7 Å². The van der Waals surface area contributed by atoms with Crippen LogP contribution in [0.3, 0.4) is 0 Å². The SMILES string of the molecule is COc1ccc(C2CCCCCN2C(=O)CN2CCNCC2)cc1.Cl.Cl. The van der Waals surface area contributed by atoms with E-state index in [1.807, 2.05) is 12.1 Å². The fraction of sp³-hybridized carbons (Fsp3) is 0.632. The third-order valence-corrected chi connectivity index (χ3v) is 5.14. The Morgan fingerprint density at radius 2 is 1.77 bits per heavy atom. The molecule has 0 radical (unpaired) electrons. The molecule has 0 spiro atoms. The standard InChI is InChI=1S/C19H29N3O2.2ClH/c1-24-17-8-6-16(7-9-17)18-5-3-2-4-12-22(18)19(23)15-21-13-10-20-11-14-21;;/h6-9,18,20H,2-5,10-15H2,1H3;2*1H. The minimum absolute atomic E-state index is 0. The number of halogens is 2. The molecule has 1 atom stereocenters. The van der Waals surface area contributed by atoms with Gasteiger partial charge in [-0.3, -0.25) is 9.69 Å². The fourth-order valence-electron chi connectivity index (χ4n) is 3.73. The zero-order valence-electron chi connectivity index (χ0n) is 15.5. The maximum atomic E-state index is 13.0. The molecule has 26 heavy (non-hydrogen) atoms. The molecule has 2 aliphatic rings. The highest BCUT2D eigenvalue weighted by Gasteiger charge is 2.28. The summed E-state index contributed by atoms with van der Waals surface area (Å²) in [5, 5.41) is 3.34. The molecule has 1 aromatic rings. The first-order valence-electron chi connectivity index (χ1n) is 9.14. The molecule has 7 heteroatoms. The number of likely N-dealkylation sites (tertiary alicyclic amines) is 1. The van der Waals surface area contributed by atoms with E-state index in [0.717, 1.165) is 51.3 Å². The monoisotopic (exact) mass is 403 g/mol. The summed E-state index contributed by atoms with van der Waals surface area (Å²) in [7, 11) is 1.68. The van der Waals surface area contributed by atoms with Crippen LogP contribution >= 0.6 is 24.8 Å². The lowest BCUT2D eigenvalue weighted by Gasteiger charge is -2.34. The zero-order chi connectivity index (χ0) is 16.8. The van der Waals surface area contributed by atoms with E-state index in [4.69, 9.17) is 4.74 Å². The quantitative estimate of drug-likeness (QED) is 0.839. The molecule has 0 aliphatic carbocycles. The van der Waals surface area contributed by atoms with Crippen LogP contribution in [-0.2, 0) is 4.79 Å². The van der Waals surface area contributed by atoms with E-state index in [0.29, 0.717) is 6.54 Å². The maximum absolute atomic E-state index is 13.0. The van der Waals surface area contributed by atoms with Gasteiger partial charge in [-0.1, -0.05) is 25.0 Å². The van der Waals surface area contributed by atoms with Crippen molar-refractivity contribution in [1.82, 2.24) is 15.1 Å². The van der Waals surface area contributed by atoms with E-state index in [9.17, 15) is 4.79 Å². The van der Waals surface area contributed by atoms with Gasteiger partial charge in [-0.15, -0.1) is 24.8 Å². The van der Waals surface area contributed by atoms with E-state index in [1.54, 1.807) is 7.11 Å². The largest absolute Gasteiger partial charge is 0.497 e. The highest BCUT2D eigenvalue weighted by atomic mass is 35.5. The van der Waals surface area contributed by atoms with Gasteiger partial charge in [-0.25, -0.2) is 0 Å². The van der Waals surface area contributed by atoms with Gasteiger partial charge in [0.2, 0.25) is 5.91 Å². The Kier molecular flexibility index (Phi) is 10.3. The first kappa shape index (κ1) is 23.0. The third kappa shape index (κ3) is 6.02. The molecule has 0 bridgehead atoms. The van der Waals surface area contributed by atoms with Crippen molar-refractivity contribution in [3.63, 3.8) is 0 Å². The number of methoxy groups -OCH3 is 1. The van der Waals surface area contributed by atoms with Crippen LogP contribution < -0.4 is 10.1 Å². The van der Waals surface area contributed by atoms with Crippen molar-refractivity contribution < 1.29 is 9.53 Å². The van der Waals surface area contributed by atoms with Crippen molar-refractivity contribution in [2.75, 3.05) is 46.4 Å². The number of carbonyl (C=O) groups excluding carboxylic acids is 1. The molecule has 1 N–H and O–H groups in total. The highest BCUT2D eigenvalue weighted by molar-refractivity contribution is 5.85. The molecule has 1 aromatic carbocycles. The average Bonchev–Trinajstić information content (AvgIpc) is 2.89. The number of nitrogens with zero attached hydrogens (tertiary/aromatic N) is 2. The second kappa shape index (κ2) is 11.7. The van der Waals surface area contributed by atoms with E-state index in [2.05, 4.69) is 27.2 Å². The van der Waals surface area contributed by atoms with E-state index in [-0.39, 0.29) is 36.8 Å². The topological polar surface area (TPSA) is 44.8 Å². The van der Waals surface area contributed by atoms with Crippen LogP contribution in [-0.4, -0.2) is 62.1 Å². The molecule has 5 nitrogen and oxygen atoms in total. The van der Waals surface area contributed by atoms with Crippen LogP contribution in [0.4, 0.5) is 0 Å². The summed E-state index contributed by atoms with van der Waals surface area (Å²) in [4.78, 5) is 17.4. The van der Waals surface area contributed by atoms with Crippen LogP contribution in [0.25, 0.3) is 0 Å². The summed E-state index contributed by atoms with van der Waals surface area (Å²) in [6.45, 7) is 5.32. The maximum Gasteiger partial charge on any atom is 0.237 e. The number of carbonyl (C=O) groups is 1. The van der Waals surface area contributed by atoms with Gasteiger partial charge in [0.15, 0.2) is 0 Å². The molecular weight excluding hydrogens is 373 g/mol. The van der Waals surface area contributed by atoms with Gasteiger partial charge in [-0.05, 0) is 30.5 Å². The summed E-state index contributed by atoms with van der Waals surface area (Å²) < 4.78 is 5.26. The van der Waals surface area contributed by atoms with Crippen LogP contribution in [0.1, 0.15) is 37.3 Å². The molecule has 2 aliphatic heterocycles. The fourth-order valence-corrected chi connectivity index (χ4v) is 3.73. The number of ether oxygens (including phenoxy) is 1. The third-order valence-electron chi connectivity index (χ3n) is 5.14. The predicted molar refractivity (Wildman–Crippen MR) is 110 cm³/mol. The average molecular weight is 404 g/mol. The summed E-state index contributed by atoms with van der Waals surface area (Å²) >= 11 is 0. The molecule has 0 aromatic heterocycles. The van der Waals surface area contributed by atoms with Crippen LogP contribution in [0.15, 0.2) is 24.3 Å². The van der Waals surface area contributed by atoms with E-state index >= 15 is 0 Å². The Bertz CT molecular complexity index is 536. The van der Waals surface area contributed by atoms with Crippen molar-refractivity contribution in [2.24, 2.45) is 0 Å². The van der Waals surface area contributed by atoms with Crippen LogP contribution in [0.5, 0.6) is 5.75 Å². The van der Waals surface area contributed by atoms with E-state index < -0.39 is 0 Å². The first-order valence-corrected chi connectivity index (χ1v) is 9.14. The number of benzene rings is 1. The van der Waals surface area contributed by atoms with Gasteiger partial charge in [0.25, 0.3) is 0 Å². The number of piperazine rings is 1. The Morgan fingerprint density at radius 3 is 2.42 bits per heavy atom. The minimum atomic E-state index is 0. The van der Waals surface area contributed by atoms with Crippen molar-refractivity contribution in [3.8, 4) is 5.75 Å². The van der Waals surface area contributed by atoms with Crippen molar-refractivity contribution in [1.29, 1.82) is 0 Å². The molecule has 2 saturated heterocycles. The lowest BCUT2D eigenvalue weighted by molar-refractivity contribution is -0.135. The molecule has 1 unspecified atom stereocenters. The van der Waals surface area contributed by atoms with Gasteiger partial charge >= 0.3 is 0 Å². The van der Waals surface area contributed by atoms with Crippen LogP contribution in [0, 0.1) is 0 Å². The Morgan fingerprint density at radius 1 is 1.08 bits per heavy atom. The molecule has 0 saturated carbocycles. The van der Waals surface area contributed by atoms with Gasteiger partial charge in [-0.2, -0.15) is 0 Å². The molecule has 3 rings (SSSR count). The zero-order valence-corrected chi connectivity index (χ0v) is 17.1. The van der Waals surface area contributed by atoms with Gasteiger partial charge in [0, 0.05) is 32.7 Å².